The number of halogens is 2. The maximum absolute atomic E-state index is 14.7. The number of benzene rings is 2. The highest BCUT2D eigenvalue weighted by molar-refractivity contribution is 14.1. The molecule has 4 N–H and O–H groups in total. The molecule has 40 heavy (non-hydrogen) atoms. The first kappa shape index (κ1) is 31.8. The van der Waals surface area contributed by atoms with Crippen molar-refractivity contribution < 1.29 is 38.8 Å². The van der Waals surface area contributed by atoms with Crippen molar-refractivity contribution >= 4 is 34.4 Å². The largest absolute Gasteiger partial charge is 0.493 e. The Kier molecular flexibility index (Phi) is 11.7. The lowest BCUT2D eigenvalue weighted by molar-refractivity contribution is -0.140. The number of nitrogens with one attached hydrogen (secondary N) is 1. The molecule has 0 aliphatic heterocycles. The highest BCUT2D eigenvalue weighted by Crippen LogP contribution is 2.37. The predicted molar refractivity (Wildman–Crippen MR) is 155 cm³/mol. The minimum absolute atomic E-state index is 0.00199. The summed E-state index contributed by atoms with van der Waals surface area (Å²) in [4.78, 5) is 27.9. The smallest absolute Gasteiger partial charge is 0.247 e. The van der Waals surface area contributed by atoms with Gasteiger partial charge in [-0.05, 0) is 58.3 Å². The molecule has 2 aromatic carbocycles. The lowest BCUT2D eigenvalue weighted by Gasteiger charge is -2.41. The molecule has 0 saturated carbocycles. The summed E-state index contributed by atoms with van der Waals surface area (Å²) < 4.78 is 27.0. The van der Waals surface area contributed by atoms with E-state index in [1.54, 1.807) is 30.3 Å². The van der Waals surface area contributed by atoms with E-state index in [9.17, 15) is 29.3 Å². The van der Waals surface area contributed by atoms with Crippen molar-refractivity contribution in [2.24, 2.45) is 5.92 Å². The molecular formula is C29H36FIN2O7. The molecule has 218 valence electrons. The fourth-order valence-electron chi connectivity index (χ4n) is 4.56. The van der Waals surface area contributed by atoms with Crippen LogP contribution in [0.2, 0.25) is 0 Å². The average molecular weight is 671 g/mol. The first-order valence-electron chi connectivity index (χ1n) is 13.0. The van der Waals surface area contributed by atoms with Crippen LogP contribution in [0.4, 0.5) is 4.39 Å². The first-order valence-corrected chi connectivity index (χ1v) is 14.1. The number of aliphatic hydroxyl groups excluding tert-OH is 3. The predicted octanol–water partition coefficient (Wildman–Crippen LogP) is 2.92. The second-order valence-corrected chi connectivity index (χ2v) is 11.2. The monoisotopic (exact) mass is 670 g/mol. The van der Waals surface area contributed by atoms with E-state index in [0.29, 0.717) is 20.6 Å². The Hall–Kier alpha value is -2.74. The number of carbonyl (C=O) groups is 2. The summed E-state index contributed by atoms with van der Waals surface area (Å²) >= 11 is 2.03. The minimum atomic E-state index is -1.28. The molecule has 0 spiro atoms. The van der Waals surface area contributed by atoms with Gasteiger partial charge in [-0.25, -0.2) is 4.39 Å². The van der Waals surface area contributed by atoms with Crippen LogP contribution in [0, 0.1) is 15.3 Å². The third-order valence-electron chi connectivity index (χ3n) is 6.54. The van der Waals surface area contributed by atoms with E-state index in [4.69, 9.17) is 9.47 Å². The van der Waals surface area contributed by atoms with Gasteiger partial charge in [0, 0.05) is 37.1 Å². The van der Waals surface area contributed by atoms with E-state index in [1.165, 1.54) is 24.2 Å². The van der Waals surface area contributed by atoms with Crippen molar-refractivity contribution in [2.45, 2.75) is 58.1 Å². The number of hydrogen-bond donors (Lipinski definition) is 4. The topological polar surface area (TPSA) is 129 Å². The van der Waals surface area contributed by atoms with Crippen molar-refractivity contribution in [2.75, 3.05) is 20.3 Å². The van der Waals surface area contributed by atoms with E-state index in [-0.39, 0.29) is 62.1 Å². The Balaban J connectivity index is 2.06. The highest BCUT2D eigenvalue weighted by Gasteiger charge is 2.41. The number of ether oxygens (including phenoxy) is 2. The van der Waals surface area contributed by atoms with Gasteiger partial charge in [0.25, 0.3) is 0 Å². The van der Waals surface area contributed by atoms with Crippen LogP contribution in [-0.4, -0.2) is 70.5 Å². The van der Waals surface area contributed by atoms with Gasteiger partial charge >= 0.3 is 0 Å². The summed E-state index contributed by atoms with van der Waals surface area (Å²) in [5, 5.41) is 33.0. The second-order valence-electron chi connectivity index (χ2n) is 9.99. The summed E-state index contributed by atoms with van der Waals surface area (Å²) in [5.41, 5.74) is 1.14. The molecule has 1 aliphatic carbocycles. The molecule has 0 radical (unpaired) electrons. The first-order chi connectivity index (χ1) is 19.1. The van der Waals surface area contributed by atoms with Crippen LogP contribution in [0.1, 0.15) is 37.8 Å². The fourth-order valence-corrected chi connectivity index (χ4v) is 5.35. The Labute approximate surface area is 247 Å². The van der Waals surface area contributed by atoms with Crippen LogP contribution >= 0.6 is 22.6 Å². The highest BCUT2D eigenvalue weighted by atomic mass is 127. The summed E-state index contributed by atoms with van der Waals surface area (Å²) in [6.07, 6.45) is -0.708. The van der Waals surface area contributed by atoms with E-state index >= 15 is 0 Å². The van der Waals surface area contributed by atoms with Gasteiger partial charge in [0.1, 0.15) is 18.0 Å². The maximum atomic E-state index is 14.7. The Morgan fingerprint density at radius 1 is 1.23 bits per heavy atom. The summed E-state index contributed by atoms with van der Waals surface area (Å²) in [5.74, 6) is -0.629. The molecule has 2 amide bonds. The zero-order valence-electron chi connectivity index (χ0n) is 22.8. The van der Waals surface area contributed by atoms with Crippen molar-refractivity contribution in [1.82, 2.24) is 10.2 Å². The van der Waals surface area contributed by atoms with Crippen LogP contribution in [0.3, 0.4) is 0 Å². The van der Waals surface area contributed by atoms with Crippen LogP contribution in [0.5, 0.6) is 11.5 Å². The average Bonchev–Trinajstić information content (AvgIpc) is 2.92. The van der Waals surface area contributed by atoms with E-state index in [2.05, 4.69) is 5.32 Å². The number of hydrogen-bond acceptors (Lipinski definition) is 7. The van der Waals surface area contributed by atoms with Gasteiger partial charge in [0.2, 0.25) is 11.8 Å². The normalized spacial score (nSPS) is 18.7. The molecule has 0 bridgehead atoms. The Bertz CT molecular complexity index is 1220. The SMILES string of the molecule is COc1cc(CO)cc(I)c1OC1C=C(C(=O)NCCO)CC(N(Cc2ccccc2F)C(=O)CC(C)C)C1O. The molecule has 0 aromatic heterocycles. The molecule has 2 aromatic rings. The molecule has 0 fully saturated rings. The summed E-state index contributed by atoms with van der Waals surface area (Å²) in [7, 11) is 1.45. The minimum Gasteiger partial charge on any atom is -0.493 e. The van der Waals surface area contributed by atoms with Gasteiger partial charge in [-0.1, -0.05) is 32.0 Å². The standard InChI is InChI=1S/C29H36FIN2O7/c1-17(2)10-26(36)33(15-19-6-4-5-7-21(19)30)23-13-20(29(38)32-8-9-34)14-24(27(23)37)40-28-22(31)11-18(16-35)12-25(28)39-3/h4-7,11-12,14,17,23-24,27,34-35,37H,8-10,13,15-16H2,1-3H3,(H,32,38). The molecule has 1 aliphatic rings. The zero-order valence-corrected chi connectivity index (χ0v) is 24.9. The molecule has 9 nitrogen and oxygen atoms in total. The van der Waals surface area contributed by atoms with Crippen molar-refractivity contribution in [3.63, 3.8) is 0 Å². The van der Waals surface area contributed by atoms with Crippen LogP contribution < -0.4 is 14.8 Å². The number of nitrogens with zero attached hydrogens (tertiary/aromatic N) is 1. The molecular weight excluding hydrogens is 634 g/mol. The van der Waals surface area contributed by atoms with Crippen molar-refractivity contribution in [3.05, 3.63) is 68.6 Å². The summed E-state index contributed by atoms with van der Waals surface area (Å²) in [6.45, 7) is 3.22. The Morgan fingerprint density at radius 2 is 1.95 bits per heavy atom. The zero-order chi connectivity index (χ0) is 29.4. The van der Waals surface area contributed by atoms with Gasteiger partial charge in [0.15, 0.2) is 11.5 Å². The van der Waals surface area contributed by atoms with Gasteiger partial charge in [-0.3, -0.25) is 9.59 Å². The van der Waals surface area contributed by atoms with Gasteiger partial charge in [-0.2, -0.15) is 0 Å². The van der Waals surface area contributed by atoms with Gasteiger partial charge in [0.05, 0.1) is 29.9 Å². The van der Waals surface area contributed by atoms with Crippen LogP contribution in [0.15, 0.2) is 48.0 Å². The molecule has 11 heteroatoms. The second kappa shape index (κ2) is 14.8. The van der Waals surface area contributed by atoms with E-state index in [0.717, 1.165) is 0 Å². The lowest BCUT2D eigenvalue weighted by Crippen LogP contribution is -2.55. The van der Waals surface area contributed by atoms with Gasteiger partial charge < -0.3 is 35.0 Å². The summed E-state index contributed by atoms with van der Waals surface area (Å²) in [6, 6.07) is 8.51. The van der Waals surface area contributed by atoms with E-state index in [1.807, 2.05) is 36.4 Å². The number of methoxy groups -OCH3 is 1. The number of rotatable bonds is 12. The molecule has 3 rings (SSSR count). The van der Waals surface area contributed by atoms with Crippen molar-refractivity contribution in [3.8, 4) is 11.5 Å². The van der Waals surface area contributed by atoms with Gasteiger partial charge in [-0.15, -0.1) is 0 Å². The molecule has 0 heterocycles. The van der Waals surface area contributed by atoms with Crippen LogP contribution in [0.25, 0.3) is 0 Å². The quantitative estimate of drug-likeness (QED) is 0.256. The number of aliphatic hydroxyl groups is 3. The van der Waals surface area contributed by atoms with E-state index < -0.39 is 30.0 Å². The van der Waals surface area contributed by atoms with Crippen LogP contribution in [-0.2, 0) is 22.7 Å². The number of amides is 2. The molecule has 0 saturated heterocycles. The maximum Gasteiger partial charge on any atom is 0.247 e. The van der Waals surface area contributed by atoms with Crippen molar-refractivity contribution in [1.29, 1.82) is 0 Å². The Morgan fingerprint density at radius 3 is 2.58 bits per heavy atom. The lowest BCUT2D eigenvalue weighted by atomic mass is 9.87. The fraction of sp³-hybridized carbons (Fsp3) is 0.448. The third-order valence-corrected chi connectivity index (χ3v) is 7.34. The third kappa shape index (κ3) is 7.93. The number of carbonyl (C=O) groups excluding carboxylic acids is 2. The molecule has 3 atom stereocenters. The molecule has 3 unspecified atom stereocenters.